The summed E-state index contributed by atoms with van der Waals surface area (Å²) < 4.78 is 3.10. The lowest BCUT2D eigenvalue weighted by atomic mass is 10.1. The number of aliphatic hydroxyl groups is 1. The van der Waals surface area contributed by atoms with Gasteiger partial charge < -0.3 is 9.67 Å². The van der Waals surface area contributed by atoms with Gasteiger partial charge in [0.15, 0.2) is 11.2 Å². The Hall–Kier alpha value is -2.77. The Kier molecular flexibility index (Phi) is 4.01. The van der Waals surface area contributed by atoms with Gasteiger partial charge in [-0.3, -0.25) is 4.79 Å². The predicted octanol–water partition coefficient (Wildman–Crippen LogP) is 2.80. The molecule has 0 aliphatic carbocycles. The fourth-order valence-electron chi connectivity index (χ4n) is 3.16. The van der Waals surface area contributed by atoms with E-state index in [4.69, 9.17) is 11.6 Å². The minimum Gasteiger partial charge on any atom is -0.394 e. The summed E-state index contributed by atoms with van der Waals surface area (Å²) in [6.07, 6.45) is 1.65. The van der Waals surface area contributed by atoms with E-state index in [2.05, 4.69) is 15.3 Å². The highest BCUT2D eigenvalue weighted by atomic mass is 35.5. The van der Waals surface area contributed by atoms with Crippen LogP contribution in [-0.2, 0) is 5.54 Å². The van der Waals surface area contributed by atoms with Crippen molar-refractivity contribution in [2.24, 2.45) is 0 Å². The molecule has 138 valence electrons. The maximum atomic E-state index is 12.9. The number of pyridine rings is 1. The summed E-state index contributed by atoms with van der Waals surface area (Å²) in [5, 5.41) is 23.3. The normalized spacial score (nSPS) is 12.2. The van der Waals surface area contributed by atoms with Gasteiger partial charge in [0.25, 0.3) is 5.56 Å². The van der Waals surface area contributed by atoms with Crippen LogP contribution in [0, 0.1) is 6.92 Å². The van der Waals surface area contributed by atoms with Crippen LogP contribution in [0.5, 0.6) is 0 Å². The van der Waals surface area contributed by atoms with Crippen molar-refractivity contribution in [1.82, 2.24) is 24.4 Å². The average Bonchev–Trinajstić information content (AvgIpc) is 2.99. The molecule has 0 spiro atoms. The molecule has 3 aromatic heterocycles. The Morgan fingerprint density at radius 3 is 2.52 bits per heavy atom. The topological polar surface area (TPSA) is 85.3 Å². The standard InChI is InChI=1S/C19H18ClN5O2/c1-11-15(12-4-6-13(20)7-5-12)17-22-21-16-14(25(17)23-11)8-9-24(18(16)27)19(2,3)10-26/h4-9,26H,10H2,1-3H3. The first kappa shape index (κ1) is 17.6. The van der Waals surface area contributed by atoms with Gasteiger partial charge in [-0.15, -0.1) is 10.2 Å². The highest BCUT2D eigenvalue weighted by Gasteiger charge is 2.23. The predicted molar refractivity (Wildman–Crippen MR) is 104 cm³/mol. The zero-order valence-electron chi connectivity index (χ0n) is 15.1. The number of hydrogen-bond donors (Lipinski definition) is 1. The third-order valence-electron chi connectivity index (χ3n) is 4.73. The monoisotopic (exact) mass is 383 g/mol. The van der Waals surface area contributed by atoms with Crippen LogP contribution in [0.2, 0.25) is 5.02 Å². The number of aliphatic hydroxyl groups excluding tert-OH is 1. The van der Waals surface area contributed by atoms with E-state index in [0.29, 0.717) is 16.2 Å². The summed E-state index contributed by atoms with van der Waals surface area (Å²) in [4.78, 5) is 12.9. The number of aryl methyl sites for hydroxylation is 1. The van der Waals surface area contributed by atoms with Crippen LogP contribution in [0.4, 0.5) is 0 Å². The molecule has 1 aromatic carbocycles. The molecule has 7 nitrogen and oxygen atoms in total. The van der Waals surface area contributed by atoms with Crippen LogP contribution in [0.3, 0.4) is 0 Å². The molecule has 8 heteroatoms. The molecule has 0 saturated heterocycles. The number of benzene rings is 1. The lowest BCUT2D eigenvalue weighted by Crippen LogP contribution is -2.39. The van der Waals surface area contributed by atoms with Crippen LogP contribution in [0.15, 0.2) is 41.3 Å². The molecule has 1 N–H and O–H groups in total. The first-order chi connectivity index (χ1) is 12.8. The molecule has 0 saturated carbocycles. The van der Waals surface area contributed by atoms with Gasteiger partial charge >= 0.3 is 0 Å². The summed E-state index contributed by atoms with van der Waals surface area (Å²) >= 11 is 5.99. The average molecular weight is 384 g/mol. The lowest BCUT2D eigenvalue weighted by molar-refractivity contribution is 0.161. The first-order valence-electron chi connectivity index (χ1n) is 8.48. The second kappa shape index (κ2) is 6.14. The van der Waals surface area contributed by atoms with Crippen LogP contribution < -0.4 is 5.56 Å². The first-order valence-corrected chi connectivity index (χ1v) is 8.86. The molecule has 0 aliphatic heterocycles. The molecule has 0 fully saturated rings. The van der Waals surface area contributed by atoms with Gasteiger partial charge in [-0.05, 0) is 44.5 Å². The number of hydrogen-bond acceptors (Lipinski definition) is 5. The molecule has 0 bridgehead atoms. The minimum absolute atomic E-state index is 0.171. The third-order valence-corrected chi connectivity index (χ3v) is 4.98. The van der Waals surface area contributed by atoms with Gasteiger partial charge in [-0.1, -0.05) is 23.7 Å². The molecule has 0 radical (unpaired) electrons. The maximum Gasteiger partial charge on any atom is 0.281 e. The number of halogens is 1. The van der Waals surface area contributed by atoms with Crippen molar-refractivity contribution in [2.45, 2.75) is 26.3 Å². The summed E-state index contributed by atoms with van der Waals surface area (Å²) in [6, 6.07) is 9.20. The number of nitrogens with zero attached hydrogens (tertiary/aromatic N) is 5. The molecule has 0 atom stereocenters. The number of aromatic nitrogens is 5. The van der Waals surface area contributed by atoms with Crippen molar-refractivity contribution in [3.05, 3.63) is 57.6 Å². The van der Waals surface area contributed by atoms with Crippen LogP contribution in [-0.4, -0.2) is 36.1 Å². The fourth-order valence-corrected chi connectivity index (χ4v) is 3.29. The highest BCUT2D eigenvalue weighted by Crippen LogP contribution is 2.29. The van der Waals surface area contributed by atoms with Crippen molar-refractivity contribution >= 4 is 28.3 Å². The van der Waals surface area contributed by atoms with E-state index in [9.17, 15) is 9.90 Å². The quantitative estimate of drug-likeness (QED) is 0.588. The molecule has 4 aromatic rings. The van der Waals surface area contributed by atoms with Crippen molar-refractivity contribution in [3.8, 4) is 11.1 Å². The summed E-state index contributed by atoms with van der Waals surface area (Å²) in [7, 11) is 0. The Bertz CT molecular complexity index is 1230. The van der Waals surface area contributed by atoms with Gasteiger partial charge in [-0.2, -0.15) is 5.10 Å². The van der Waals surface area contributed by atoms with Crippen LogP contribution in [0.1, 0.15) is 19.5 Å². The maximum absolute atomic E-state index is 12.9. The van der Waals surface area contributed by atoms with E-state index < -0.39 is 5.54 Å². The van der Waals surface area contributed by atoms with E-state index in [1.165, 1.54) is 4.57 Å². The van der Waals surface area contributed by atoms with Crippen LogP contribution >= 0.6 is 11.6 Å². The second-order valence-electron chi connectivity index (χ2n) is 7.10. The van der Waals surface area contributed by atoms with Crippen molar-refractivity contribution in [3.63, 3.8) is 0 Å². The number of rotatable bonds is 3. The molecule has 3 heterocycles. The Morgan fingerprint density at radius 1 is 1.15 bits per heavy atom. The molecule has 0 amide bonds. The summed E-state index contributed by atoms with van der Waals surface area (Å²) in [5.41, 5.74) is 2.84. The SMILES string of the molecule is Cc1nn2c(nnc3c(=O)n(C(C)(C)CO)ccc32)c1-c1ccc(Cl)cc1. The van der Waals surface area contributed by atoms with Gasteiger partial charge in [0.1, 0.15) is 5.52 Å². The van der Waals surface area contributed by atoms with Gasteiger partial charge in [-0.25, -0.2) is 4.52 Å². The Morgan fingerprint density at radius 2 is 1.85 bits per heavy atom. The van der Waals surface area contributed by atoms with Crippen LogP contribution in [0.25, 0.3) is 27.8 Å². The lowest BCUT2D eigenvalue weighted by Gasteiger charge is -2.24. The molecule has 4 rings (SSSR count). The highest BCUT2D eigenvalue weighted by molar-refractivity contribution is 6.30. The summed E-state index contributed by atoms with van der Waals surface area (Å²) in [6.45, 7) is 5.28. The zero-order valence-corrected chi connectivity index (χ0v) is 15.9. The van der Waals surface area contributed by atoms with E-state index in [1.54, 1.807) is 30.6 Å². The summed E-state index contributed by atoms with van der Waals surface area (Å²) in [5.74, 6) is 0. The largest absolute Gasteiger partial charge is 0.394 e. The third kappa shape index (κ3) is 2.70. The minimum atomic E-state index is -0.740. The second-order valence-corrected chi connectivity index (χ2v) is 7.53. The number of fused-ring (bicyclic) bond motifs is 3. The van der Waals surface area contributed by atoms with Gasteiger partial charge in [0.05, 0.1) is 23.4 Å². The van der Waals surface area contributed by atoms with Crippen molar-refractivity contribution in [2.75, 3.05) is 6.61 Å². The van der Waals surface area contributed by atoms with Gasteiger partial charge in [0.2, 0.25) is 0 Å². The van der Waals surface area contributed by atoms with Gasteiger partial charge in [0, 0.05) is 11.2 Å². The zero-order chi connectivity index (χ0) is 19.3. The fraction of sp³-hybridized carbons (Fsp3) is 0.263. The molecule has 27 heavy (non-hydrogen) atoms. The van der Waals surface area contributed by atoms with Crippen molar-refractivity contribution in [1.29, 1.82) is 0 Å². The van der Waals surface area contributed by atoms with Crippen molar-refractivity contribution < 1.29 is 5.11 Å². The molecular formula is C19H18ClN5O2. The van der Waals surface area contributed by atoms with E-state index in [-0.39, 0.29) is 17.7 Å². The molecule has 0 unspecified atom stereocenters. The van der Waals surface area contributed by atoms with E-state index in [0.717, 1.165) is 16.8 Å². The smallest absolute Gasteiger partial charge is 0.281 e. The Balaban J connectivity index is 2.01. The van der Waals surface area contributed by atoms with E-state index >= 15 is 0 Å². The molecular weight excluding hydrogens is 366 g/mol. The van der Waals surface area contributed by atoms with E-state index in [1.807, 2.05) is 31.2 Å². The molecule has 0 aliphatic rings. The Labute approximate surface area is 159 Å².